The number of benzene rings is 2. The summed E-state index contributed by atoms with van der Waals surface area (Å²) < 4.78 is 4.61. The molecule has 130 valence electrons. The maximum absolute atomic E-state index is 12.0. The summed E-state index contributed by atoms with van der Waals surface area (Å²) in [6, 6.07) is 7.19. The van der Waals surface area contributed by atoms with Gasteiger partial charge in [-0.3, -0.25) is 20.2 Å². The van der Waals surface area contributed by atoms with E-state index in [1.807, 2.05) is 19.1 Å². The van der Waals surface area contributed by atoms with E-state index in [1.54, 1.807) is 13.0 Å². The largest absolute Gasteiger partial charge is 0.465 e. The van der Waals surface area contributed by atoms with Crippen LogP contribution in [0.25, 0.3) is 0 Å². The normalized spacial score (nSPS) is 10.2. The number of rotatable bonds is 5. The highest BCUT2D eigenvalue weighted by Gasteiger charge is 2.28. The summed E-state index contributed by atoms with van der Waals surface area (Å²) in [6.45, 7) is 3.63. The van der Waals surface area contributed by atoms with Gasteiger partial charge in [-0.25, -0.2) is 4.79 Å². The lowest BCUT2D eigenvalue weighted by atomic mass is 10.1. The molecule has 0 spiro atoms. The van der Waals surface area contributed by atoms with Crippen LogP contribution in [0.1, 0.15) is 21.5 Å². The molecule has 0 amide bonds. The van der Waals surface area contributed by atoms with Gasteiger partial charge >= 0.3 is 5.97 Å². The zero-order chi connectivity index (χ0) is 18.7. The Morgan fingerprint density at radius 1 is 1.08 bits per heavy atom. The molecule has 0 fully saturated rings. The summed E-state index contributed by atoms with van der Waals surface area (Å²) >= 11 is 0. The summed E-state index contributed by atoms with van der Waals surface area (Å²) in [4.78, 5) is 32.8. The monoisotopic (exact) mass is 345 g/mol. The molecule has 0 bridgehead atoms. The molecule has 0 heterocycles. The molecule has 0 radical (unpaired) electrons. The van der Waals surface area contributed by atoms with Crippen LogP contribution in [-0.4, -0.2) is 22.9 Å². The van der Waals surface area contributed by atoms with Gasteiger partial charge in [0.25, 0.3) is 11.4 Å². The van der Waals surface area contributed by atoms with Gasteiger partial charge in [-0.05, 0) is 31.0 Å². The summed E-state index contributed by atoms with van der Waals surface area (Å²) in [5, 5.41) is 25.3. The first kappa shape index (κ1) is 17.9. The molecule has 25 heavy (non-hydrogen) atoms. The molecular weight excluding hydrogens is 330 g/mol. The lowest BCUT2D eigenvalue weighted by Gasteiger charge is -2.14. The molecule has 0 aliphatic heterocycles. The topological polar surface area (TPSA) is 125 Å². The highest BCUT2D eigenvalue weighted by Crippen LogP contribution is 2.36. The van der Waals surface area contributed by atoms with Crippen molar-refractivity contribution < 1.29 is 19.4 Å². The first-order valence-electron chi connectivity index (χ1n) is 7.14. The number of nitro benzene ring substituents is 2. The molecular formula is C16H15N3O6. The van der Waals surface area contributed by atoms with Crippen LogP contribution in [0.3, 0.4) is 0 Å². The van der Waals surface area contributed by atoms with Gasteiger partial charge in [-0.1, -0.05) is 12.1 Å². The van der Waals surface area contributed by atoms with Crippen molar-refractivity contribution in [3.63, 3.8) is 0 Å². The number of nitrogens with one attached hydrogen (secondary N) is 1. The van der Waals surface area contributed by atoms with E-state index in [-0.39, 0.29) is 11.3 Å². The Morgan fingerprint density at radius 2 is 1.76 bits per heavy atom. The fourth-order valence-corrected chi connectivity index (χ4v) is 2.27. The van der Waals surface area contributed by atoms with E-state index in [0.29, 0.717) is 5.69 Å². The second kappa shape index (κ2) is 6.95. The zero-order valence-electron chi connectivity index (χ0n) is 13.7. The number of ether oxygens (including phenoxy) is 1. The molecule has 0 aliphatic rings. The lowest BCUT2D eigenvalue weighted by Crippen LogP contribution is -2.10. The first-order valence-corrected chi connectivity index (χ1v) is 7.14. The second-order valence-electron chi connectivity index (χ2n) is 5.34. The number of carbonyl (C=O) groups excluding carboxylic acids is 1. The SMILES string of the molecule is COC(=O)c1cc([N+](=O)[O-])cc([N+](=O)[O-])c1Nc1cc(C)ccc1C. The third-order valence-corrected chi connectivity index (χ3v) is 3.57. The smallest absolute Gasteiger partial charge is 0.340 e. The molecule has 0 unspecified atom stereocenters. The Kier molecular flexibility index (Phi) is 4.97. The Morgan fingerprint density at radius 3 is 2.32 bits per heavy atom. The van der Waals surface area contributed by atoms with Crippen LogP contribution in [0, 0.1) is 34.1 Å². The number of anilines is 2. The van der Waals surface area contributed by atoms with Gasteiger partial charge in [-0.2, -0.15) is 0 Å². The van der Waals surface area contributed by atoms with Crippen molar-refractivity contribution in [2.24, 2.45) is 0 Å². The van der Waals surface area contributed by atoms with Crippen molar-refractivity contribution in [1.29, 1.82) is 0 Å². The molecule has 0 atom stereocenters. The molecule has 1 N–H and O–H groups in total. The Bertz CT molecular complexity index is 878. The molecule has 2 rings (SSSR count). The summed E-state index contributed by atoms with van der Waals surface area (Å²) in [7, 11) is 1.09. The van der Waals surface area contributed by atoms with E-state index in [1.165, 1.54) is 0 Å². The van der Waals surface area contributed by atoms with Crippen LogP contribution in [0.2, 0.25) is 0 Å². The lowest BCUT2D eigenvalue weighted by molar-refractivity contribution is -0.393. The number of esters is 1. The average molecular weight is 345 g/mol. The number of hydrogen-bond donors (Lipinski definition) is 1. The highest BCUT2D eigenvalue weighted by atomic mass is 16.6. The van der Waals surface area contributed by atoms with Gasteiger partial charge < -0.3 is 10.1 Å². The predicted octanol–water partition coefficient (Wildman–Crippen LogP) is 3.65. The minimum atomic E-state index is -0.917. The van der Waals surface area contributed by atoms with E-state index in [4.69, 9.17) is 0 Å². The second-order valence-corrected chi connectivity index (χ2v) is 5.34. The molecule has 0 aromatic heterocycles. The number of methoxy groups -OCH3 is 1. The number of nitro groups is 2. The standard InChI is InChI=1S/C16H15N3O6/c1-9-4-5-10(2)13(6-9)17-15-12(16(20)25-3)7-11(18(21)22)8-14(15)19(23)24/h4-8,17H,1-3H3. The number of hydrogen-bond acceptors (Lipinski definition) is 7. The van der Waals surface area contributed by atoms with Crippen LogP contribution in [0.5, 0.6) is 0 Å². The minimum Gasteiger partial charge on any atom is -0.465 e. The molecule has 2 aromatic rings. The fourth-order valence-electron chi connectivity index (χ4n) is 2.27. The van der Waals surface area contributed by atoms with Crippen molar-refractivity contribution in [3.05, 3.63) is 67.3 Å². The number of aryl methyl sites for hydroxylation is 2. The highest BCUT2D eigenvalue weighted by molar-refractivity contribution is 6.00. The average Bonchev–Trinajstić information content (AvgIpc) is 2.56. The van der Waals surface area contributed by atoms with E-state index >= 15 is 0 Å². The number of carbonyl (C=O) groups is 1. The van der Waals surface area contributed by atoms with Gasteiger partial charge in [0.1, 0.15) is 5.69 Å². The summed E-state index contributed by atoms with van der Waals surface area (Å²) in [5.41, 5.74) is 0.628. The summed E-state index contributed by atoms with van der Waals surface area (Å²) in [6.07, 6.45) is 0. The molecule has 0 saturated heterocycles. The van der Waals surface area contributed by atoms with Crippen LogP contribution in [0.15, 0.2) is 30.3 Å². The zero-order valence-corrected chi connectivity index (χ0v) is 13.7. The molecule has 9 heteroatoms. The quantitative estimate of drug-likeness (QED) is 0.498. The third-order valence-electron chi connectivity index (χ3n) is 3.57. The van der Waals surface area contributed by atoms with Crippen molar-refractivity contribution >= 4 is 28.7 Å². The maximum atomic E-state index is 12.0. The Balaban J connectivity index is 2.72. The van der Waals surface area contributed by atoms with Gasteiger partial charge in [-0.15, -0.1) is 0 Å². The molecule has 0 saturated carbocycles. The number of nitrogens with zero attached hydrogens (tertiary/aromatic N) is 2. The van der Waals surface area contributed by atoms with Crippen LogP contribution < -0.4 is 5.32 Å². The van der Waals surface area contributed by atoms with Crippen molar-refractivity contribution in [2.45, 2.75) is 13.8 Å². The molecule has 2 aromatic carbocycles. The van der Waals surface area contributed by atoms with Gasteiger partial charge in [0.2, 0.25) is 0 Å². The van der Waals surface area contributed by atoms with Crippen molar-refractivity contribution in [2.75, 3.05) is 12.4 Å². The van der Waals surface area contributed by atoms with Crippen LogP contribution >= 0.6 is 0 Å². The molecule has 0 aliphatic carbocycles. The van der Waals surface area contributed by atoms with Crippen LogP contribution in [-0.2, 0) is 4.74 Å². The third kappa shape index (κ3) is 3.71. The fraction of sp³-hybridized carbons (Fsp3) is 0.188. The van der Waals surface area contributed by atoms with Gasteiger partial charge in [0.05, 0.1) is 28.6 Å². The minimum absolute atomic E-state index is 0.156. The van der Waals surface area contributed by atoms with Gasteiger partial charge in [0.15, 0.2) is 0 Å². The van der Waals surface area contributed by atoms with Crippen molar-refractivity contribution in [3.8, 4) is 0 Å². The van der Waals surface area contributed by atoms with Crippen molar-refractivity contribution in [1.82, 2.24) is 0 Å². The van der Waals surface area contributed by atoms with Gasteiger partial charge in [0, 0.05) is 11.8 Å². The maximum Gasteiger partial charge on any atom is 0.340 e. The van der Waals surface area contributed by atoms with E-state index in [9.17, 15) is 25.0 Å². The summed E-state index contributed by atoms with van der Waals surface area (Å²) in [5.74, 6) is -0.917. The van der Waals surface area contributed by atoms with E-state index in [2.05, 4.69) is 10.1 Å². The predicted molar refractivity (Wildman–Crippen MR) is 90.3 cm³/mol. The van der Waals surface area contributed by atoms with E-state index in [0.717, 1.165) is 30.4 Å². The van der Waals surface area contributed by atoms with Crippen LogP contribution in [0.4, 0.5) is 22.7 Å². The Labute approximate surface area is 142 Å². The number of non-ortho nitro benzene ring substituents is 1. The molecule has 9 nitrogen and oxygen atoms in total. The van der Waals surface area contributed by atoms with E-state index < -0.39 is 27.2 Å². The first-order chi connectivity index (χ1) is 11.7. The Hall–Kier alpha value is -3.49.